The van der Waals surface area contributed by atoms with Gasteiger partial charge in [-0.25, -0.2) is 9.97 Å². The van der Waals surface area contributed by atoms with Crippen molar-refractivity contribution in [2.75, 3.05) is 0 Å². The van der Waals surface area contributed by atoms with Gasteiger partial charge >= 0.3 is 0 Å². The van der Waals surface area contributed by atoms with E-state index in [4.69, 9.17) is 9.97 Å². The number of benzene rings is 6. The highest BCUT2D eigenvalue weighted by molar-refractivity contribution is 5.95. The molecule has 0 aliphatic heterocycles. The van der Waals surface area contributed by atoms with Crippen molar-refractivity contribution in [3.63, 3.8) is 0 Å². The molecule has 0 bridgehead atoms. The minimum absolute atomic E-state index is 0.445. The highest BCUT2D eigenvalue weighted by atomic mass is 14.9. The van der Waals surface area contributed by atoms with Crippen molar-refractivity contribution in [2.24, 2.45) is 0 Å². The number of pyridine rings is 2. The van der Waals surface area contributed by atoms with Crippen LogP contribution in [0.15, 0.2) is 195 Å². The van der Waals surface area contributed by atoms with Crippen molar-refractivity contribution in [3.8, 4) is 78.4 Å². The second kappa shape index (κ2) is 12.4. The van der Waals surface area contributed by atoms with Crippen LogP contribution >= 0.6 is 0 Å². The van der Waals surface area contributed by atoms with Crippen LogP contribution in [-0.4, -0.2) is 19.9 Å². The molecule has 4 heteroatoms. The van der Waals surface area contributed by atoms with Gasteiger partial charge in [0.05, 0.1) is 16.8 Å². The fraction of sp³-hybridized carbons (Fsp3) is 0.0196. The third-order valence-corrected chi connectivity index (χ3v) is 11.3. The lowest BCUT2D eigenvalue weighted by Crippen LogP contribution is -2.25. The van der Waals surface area contributed by atoms with E-state index in [1.807, 2.05) is 24.5 Å². The summed E-state index contributed by atoms with van der Waals surface area (Å²) in [7, 11) is 0. The molecule has 6 aromatic carbocycles. The Morgan fingerprint density at radius 1 is 0.309 bits per heavy atom. The predicted molar refractivity (Wildman–Crippen MR) is 221 cm³/mol. The Hall–Kier alpha value is -7.30. The van der Waals surface area contributed by atoms with Gasteiger partial charge in [-0.1, -0.05) is 146 Å². The molecule has 4 nitrogen and oxygen atoms in total. The summed E-state index contributed by atoms with van der Waals surface area (Å²) in [6.07, 6.45) is 7.39. The quantitative estimate of drug-likeness (QED) is 0.179. The van der Waals surface area contributed by atoms with E-state index in [-0.39, 0.29) is 0 Å². The summed E-state index contributed by atoms with van der Waals surface area (Å²) >= 11 is 0. The SMILES string of the molecule is c1cncc(-c2ccc(-c3cc(-c4ccc(-c5cccnc5)cc4)nc(-c4ccc5c(c4)C4(c6ccccc6-c6ccccc64)c4ccccc4-5)n3)cc2)c1. The summed E-state index contributed by atoms with van der Waals surface area (Å²) in [6, 6.07) is 60.9. The molecule has 0 fully saturated rings. The highest BCUT2D eigenvalue weighted by Gasteiger charge is 2.51. The van der Waals surface area contributed by atoms with Gasteiger partial charge in [-0.05, 0) is 91.0 Å². The van der Waals surface area contributed by atoms with Crippen molar-refractivity contribution in [2.45, 2.75) is 5.41 Å². The average molecular weight is 701 g/mol. The van der Waals surface area contributed by atoms with Crippen LogP contribution in [0.3, 0.4) is 0 Å². The monoisotopic (exact) mass is 700 g/mol. The minimum atomic E-state index is -0.445. The van der Waals surface area contributed by atoms with E-state index in [1.165, 1.54) is 44.5 Å². The van der Waals surface area contributed by atoms with Gasteiger partial charge in [0.15, 0.2) is 5.82 Å². The molecule has 0 amide bonds. The third kappa shape index (κ3) is 4.85. The number of aromatic nitrogens is 4. The molecule has 256 valence electrons. The van der Waals surface area contributed by atoms with Crippen LogP contribution < -0.4 is 0 Å². The molecule has 11 rings (SSSR count). The molecule has 55 heavy (non-hydrogen) atoms. The second-order valence-electron chi connectivity index (χ2n) is 14.2. The normalized spacial score (nSPS) is 12.9. The Morgan fingerprint density at radius 2 is 0.727 bits per heavy atom. The Balaban J connectivity index is 1.10. The van der Waals surface area contributed by atoms with Crippen LogP contribution in [-0.2, 0) is 5.41 Å². The van der Waals surface area contributed by atoms with Crippen LogP contribution in [0.25, 0.3) is 78.4 Å². The smallest absolute Gasteiger partial charge is 0.160 e. The first-order chi connectivity index (χ1) is 27.3. The van der Waals surface area contributed by atoms with E-state index in [1.54, 1.807) is 12.4 Å². The molecule has 3 aromatic heterocycles. The number of fused-ring (bicyclic) bond motifs is 10. The van der Waals surface area contributed by atoms with Gasteiger partial charge in [0, 0.05) is 41.5 Å². The molecule has 2 aliphatic rings. The topological polar surface area (TPSA) is 51.6 Å². The molecule has 0 unspecified atom stereocenters. The Bertz CT molecular complexity index is 2740. The van der Waals surface area contributed by atoms with Crippen molar-refractivity contribution in [1.29, 1.82) is 0 Å². The van der Waals surface area contributed by atoms with E-state index < -0.39 is 5.41 Å². The van der Waals surface area contributed by atoms with Crippen molar-refractivity contribution >= 4 is 0 Å². The Morgan fingerprint density at radius 3 is 1.18 bits per heavy atom. The largest absolute Gasteiger partial charge is 0.264 e. The van der Waals surface area contributed by atoms with Gasteiger partial charge in [0.25, 0.3) is 0 Å². The van der Waals surface area contributed by atoms with Gasteiger partial charge in [0.1, 0.15) is 0 Å². The van der Waals surface area contributed by atoms with Crippen LogP contribution in [0.4, 0.5) is 0 Å². The maximum absolute atomic E-state index is 5.31. The zero-order valence-electron chi connectivity index (χ0n) is 29.8. The van der Waals surface area contributed by atoms with Crippen LogP contribution in [0.1, 0.15) is 22.3 Å². The summed E-state index contributed by atoms with van der Waals surface area (Å²) in [5.41, 5.74) is 19.0. The maximum Gasteiger partial charge on any atom is 0.160 e. The number of hydrogen-bond donors (Lipinski definition) is 0. The summed E-state index contributed by atoms with van der Waals surface area (Å²) in [5, 5.41) is 0. The first kappa shape index (κ1) is 31.2. The number of hydrogen-bond acceptors (Lipinski definition) is 4. The summed E-state index contributed by atoms with van der Waals surface area (Å²) in [5.74, 6) is 0.689. The molecule has 2 aliphatic carbocycles. The molecule has 1 spiro atoms. The number of nitrogens with zero attached hydrogens (tertiary/aromatic N) is 4. The summed E-state index contributed by atoms with van der Waals surface area (Å²) in [6.45, 7) is 0. The fourth-order valence-corrected chi connectivity index (χ4v) is 8.84. The van der Waals surface area contributed by atoms with E-state index in [0.29, 0.717) is 5.82 Å². The van der Waals surface area contributed by atoms with Crippen molar-refractivity contribution < 1.29 is 0 Å². The van der Waals surface area contributed by atoms with Crippen molar-refractivity contribution in [3.05, 3.63) is 217 Å². The van der Waals surface area contributed by atoms with E-state index in [9.17, 15) is 0 Å². The lowest BCUT2D eigenvalue weighted by Gasteiger charge is -2.30. The molecule has 0 N–H and O–H groups in total. The average Bonchev–Trinajstić information content (AvgIpc) is 3.74. The Labute approximate surface area is 319 Å². The maximum atomic E-state index is 5.31. The standard InChI is InChI=1S/C51H32N4/c1-4-14-44-40(11-1)41-12-2-5-15-45(41)51(44)46-16-6-3-13-42(46)43-26-25-37(29-47(43)51)50-54-48(35-21-17-33(18-22-35)38-9-7-27-52-31-38)30-49(55-50)36-23-19-34(20-24-36)39-10-8-28-53-32-39/h1-32H. The summed E-state index contributed by atoms with van der Waals surface area (Å²) < 4.78 is 0. The van der Waals surface area contributed by atoms with E-state index >= 15 is 0 Å². The van der Waals surface area contributed by atoms with Crippen LogP contribution in [0.5, 0.6) is 0 Å². The van der Waals surface area contributed by atoms with E-state index in [2.05, 4.69) is 168 Å². The molecular weight excluding hydrogens is 669 g/mol. The highest BCUT2D eigenvalue weighted by Crippen LogP contribution is 2.63. The predicted octanol–water partition coefficient (Wildman–Crippen LogP) is 11.9. The third-order valence-electron chi connectivity index (χ3n) is 11.3. The van der Waals surface area contributed by atoms with Crippen LogP contribution in [0.2, 0.25) is 0 Å². The Kier molecular flexibility index (Phi) is 7.04. The lowest BCUT2D eigenvalue weighted by molar-refractivity contribution is 0.794. The zero-order valence-corrected chi connectivity index (χ0v) is 29.8. The van der Waals surface area contributed by atoms with Crippen LogP contribution in [0, 0.1) is 0 Å². The van der Waals surface area contributed by atoms with Gasteiger partial charge in [-0.2, -0.15) is 0 Å². The first-order valence-electron chi connectivity index (χ1n) is 18.6. The lowest BCUT2D eigenvalue weighted by atomic mass is 9.70. The van der Waals surface area contributed by atoms with Crippen molar-refractivity contribution in [1.82, 2.24) is 19.9 Å². The van der Waals surface area contributed by atoms with Gasteiger partial charge in [-0.3, -0.25) is 9.97 Å². The molecular formula is C51H32N4. The van der Waals surface area contributed by atoms with E-state index in [0.717, 1.165) is 50.3 Å². The molecule has 0 saturated heterocycles. The number of rotatable bonds is 5. The molecule has 3 heterocycles. The summed E-state index contributed by atoms with van der Waals surface area (Å²) in [4.78, 5) is 19.3. The zero-order chi connectivity index (χ0) is 36.3. The molecule has 9 aromatic rings. The van der Waals surface area contributed by atoms with Gasteiger partial charge in [-0.15, -0.1) is 0 Å². The fourth-order valence-electron chi connectivity index (χ4n) is 8.84. The molecule has 0 atom stereocenters. The van der Waals surface area contributed by atoms with Gasteiger partial charge < -0.3 is 0 Å². The minimum Gasteiger partial charge on any atom is -0.264 e. The first-order valence-corrected chi connectivity index (χ1v) is 18.6. The second-order valence-corrected chi connectivity index (χ2v) is 14.2. The molecule has 0 saturated carbocycles. The van der Waals surface area contributed by atoms with Gasteiger partial charge in [0.2, 0.25) is 0 Å². The molecule has 0 radical (unpaired) electrons.